The molecule has 7 atom stereocenters. The Hall–Kier alpha value is 0.170. The van der Waals surface area contributed by atoms with Gasteiger partial charge in [-0.05, 0) is 110 Å². The Morgan fingerprint density at radius 3 is 2.43 bits per heavy atom. The van der Waals surface area contributed by atoms with Gasteiger partial charge in [0.05, 0.1) is 4.08 Å². The zero-order chi connectivity index (χ0) is 19.6. The standard InChI is InChI=1S/C24H38O2S2/c1-16(25)26-18-7-10-22(2)17(15-18)5-6-19-20(22)8-11-23(3)21(19)9-12-24(23)27-13-4-14-28-24/h17-21H,4-15H2,1-3H3. The summed E-state index contributed by atoms with van der Waals surface area (Å²) >= 11 is 4.68. The van der Waals surface area contributed by atoms with E-state index >= 15 is 0 Å². The maximum atomic E-state index is 11.5. The minimum Gasteiger partial charge on any atom is -0.463 e. The van der Waals surface area contributed by atoms with Gasteiger partial charge in [0.2, 0.25) is 0 Å². The number of carbonyl (C=O) groups excluding carboxylic acids is 1. The van der Waals surface area contributed by atoms with Crippen LogP contribution in [0.15, 0.2) is 0 Å². The van der Waals surface area contributed by atoms with Gasteiger partial charge in [0, 0.05) is 6.92 Å². The number of esters is 1. The molecule has 1 spiro atoms. The van der Waals surface area contributed by atoms with Crippen LogP contribution in [0.3, 0.4) is 0 Å². The van der Waals surface area contributed by atoms with E-state index in [9.17, 15) is 4.79 Å². The van der Waals surface area contributed by atoms with Gasteiger partial charge >= 0.3 is 5.97 Å². The van der Waals surface area contributed by atoms with Crippen molar-refractivity contribution in [1.82, 2.24) is 0 Å². The molecule has 7 unspecified atom stereocenters. The Morgan fingerprint density at radius 2 is 1.68 bits per heavy atom. The zero-order valence-electron chi connectivity index (χ0n) is 18.0. The molecule has 0 aromatic heterocycles. The predicted octanol–water partition coefficient (Wildman–Crippen LogP) is 6.53. The molecule has 0 amide bonds. The molecule has 0 aromatic carbocycles. The molecule has 1 aliphatic heterocycles. The molecule has 4 heteroatoms. The minimum absolute atomic E-state index is 0.0885. The fraction of sp³-hybridized carbons (Fsp3) is 0.958. The molecular formula is C24H38O2S2. The summed E-state index contributed by atoms with van der Waals surface area (Å²) in [5, 5.41) is 0. The highest BCUT2D eigenvalue weighted by Crippen LogP contribution is 2.73. The van der Waals surface area contributed by atoms with Crippen molar-refractivity contribution in [3.63, 3.8) is 0 Å². The van der Waals surface area contributed by atoms with Gasteiger partial charge in [0.25, 0.3) is 0 Å². The van der Waals surface area contributed by atoms with Gasteiger partial charge in [-0.3, -0.25) is 4.79 Å². The third kappa shape index (κ3) is 2.86. The summed E-state index contributed by atoms with van der Waals surface area (Å²) in [6.07, 6.45) is 13.7. The monoisotopic (exact) mass is 422 g/mol. The number of ether oxygens (including phenoxy) is 1. The summed E-state index contributed by atoms with van der Waals surface area (Å²) in [4.78, 5) is 11.5. The van der Waals surface area contributed by atoms with E-state index in [4.69, 9.17) is 4.74 Å². The molecule has 28 heavy (non-hydrogen) atoms. The summed E-state index contributed by atoms with van der Waals surface area (Å²) < 4.78 is 6.17. The van der Waals surface area contributed by atoms with E-state index in [1.54, 1.807) is 6.92 Å². The first-order chi connectivity index (χ1) is 13.4. The summed E-state index contributed by atoms with van der Waals surface area (Å²) in [7, 11) is 0. The lowest BCUT2D eigenvalue weighted by Gasteiger charge is -2.62. The van der Waals surface area contributed by atoms with Crippen molar-refractivity contribution in [3.05, 3.63) is 0 Å². The first kappa shape index (κ1) is 20.1. The zero-order valence-corrected chi connectivity index (χ0v) is 19.6. The van der Waals surface area contributed by atoms with Crippen molar-refractivity contribution < 1.29 is 9.53 Å². The second-order valence-electron chi connectivity index (χ2n) is 11.0. The number of rotatable bonds is 1. The smallest absolute Gasteiger partial charge is 0.302 e. The van der Waals surface area contributed by atoms with Gasteiger partial charge in [-0.25, -0.2) is 0 Å². The summed E-state index contributed by atoms with van der Waals surface area (Å²) in [6, 6.07) is 0. The Bertz CT molecular complexity index is 630. The Morgan fingerprint density at radius 1 is 0.929 bits per heavy atom. The maximum absolute atomic E-state index is 11.5. The Kier molecular flexibility index (Phi) is 5.10. The maximum Gasteiger partial charge on any atom is 0.302 e. The van der Waals surface area contributed by atoms with Crippen molar-refractivity contribution in [1.29, 1.82) is 0 Å². The first-order valence-corrected chi connectivity index (χ1v) is 13.8. The molecule has 0 aromatic rings. The normalized spacial score (nSPS) is 49.8. The first-order valence-electron chi connectivity index (χ1n) is 11.8. The van der Waals surface area contributed by atoms with Gasteiger partial charge in [0.1, 0.15) is 6.10 Å². The largest absolute Gasteiger partial charge is 0.463 e. The molecule has 0 N–H and O–H groups in total. The van der Waals surface area contributed by atoms with Crippen LogP contribution in [0.4, 0.5) is 0 Å². The van der Waals surface area contributed by atoms with Crippen LogP contribution in [0.5, 0.6) is 0 Å². The average Bonchev–Trinajstić information content (AvgIpc) is 2.94. The van der Waals surface area contributed by atoms with Crippen LogP contribution in [0.2, 0.25) is 0 Å². The molecule has 158 valence electrons. The van der Waals surface area contributed by atoms with Crippen molar-refractivity contribution in [2.24, 2.45) is 34.5 Å². The SMILES string of the molecule is CC(=O)OC1CCC2(C)C(CCC3C2CCC2(C)C3CCC23SCCCS3)C1. The van der Waals surface area contributed by atoms with Gasteiger partial charge < -0.3 is 4.74 Å². The Labute approximate surface area is 180 Å². The number of hydrogen-bond donors (Lipinski definition) is 0. The third-order valence-electron chi connectivity index (χ3n) is 9.95. The fourth-order valence-electron chi connectivity index (χ4n) is 8.57. The summed E-state index contributed by atoms with van der Waals surface area (Å²) in [5.74, 6) is 6.28. The molecular weight excluding hydrogens is 384 g/mol. The van der Waals surface area contributed by atoms with Gasteiger partial charge in [-0.1, -0.05) is 13.8 Å². The molecule has 0 bridgehead atoms. The lowest BCUT2D eigenvalue weighted by Crippen LogP contribution is -2.56. The highest BCUT2D eigenvalue weighted by atomic mass is 32.2. The van der Waals surface area contributed by atoms with E-state index in [1.165, 1.54) is 62.9 Å². The highest BCUT2D eigenvalue weighted by Gasteiger charge is 2.65. The van der Waals surface area contributed by atoms with Crippen LogP contribution in [0, 0.1) is 34.5 Å². The van der Waals surface area contributed by atoms with Crippen molar-refractivity contribution in [2.45, 2.75) is 95.2 Å². The predicted molar refractivity (Wildman–Crippen MR) is 120 cm³/mol. The van der Waals surface area contributed by atoms with Crippen molar-refractivity contribution in [3.8, 4) is 0 Å². The van der Waals surface area contributed by atoms with E-state index in [0.717, 1.165) is 36.5 Å². The molecule has 4 saturated carbocycles. The molecule has 1 saturated heterocycles. The number of carbonyl (C=O) groups is 1. The topological polar surface area (TPSA) is 26.3 Å². The van der Waals surface area contributed by atoms with Crippen molar-refractivity contribution >= 4 is 29.5 Å². The van der Waals surface area contributed by atoms with Crippen LogP contribution in [0.25, 0.3) is 0 Å². The van der Waals surface area contributed by atoms with E-state index < -0.39 is 0 Å². The quantitative estimate of drug-likeness (QED) is 0.449. The van der Waals surface area contributed by atoms with E-state index in [1.807, 2.05) is 0 Å². The number of thioether (sulfide) groups is 2. The lowest BCUT2D eigenvalue weighted by atomic mass is 9.45. The van der Waals surface area contributed by atoms with Crippen LogP contribution in [-0.4, -0.2) is 27.7 Å². The Balaban J connectivity index is 1.36. The van der Waals surface area contributed by atoms with Crippen LogP contribution in [0.1, 0.15) is 85.0 Å². The molecule has 5 fully saturated rings. The second kappa shape index (κ2) is 7.11. The van der Waals surface area contributed by atoms with E-state index in [-0.39, 0.29) is 12.1 Å². The van der Waals surface area contributed by atoms with Crippen LogP contribution in [-0.2, 0) is 9.53 Å². The average molecular weight is 423 g/mol. The second-order valence-corrected chi connectivity index (χ2v) is 14.0. The van der Waals surface area contributed by atoms with Crippen LogP contribution < -0.4 is 0 Å². The van der Waals surface area contributed by atoms with Gasteiger partial charge in [-0.15, -0.1) is 23.5 Å². The van der Waals surface area contributed by atoms with Crippen molar-refractivity contribution in [2.75, 3.05) is 11.5 Å². The number of hydrogen-bond acceptors (Lipinski definition) is 4. The molecule has 5 rings (SSSR count). The van der Waals surface area contributed by atoms with E-state index in [2.05, 4.69) is 37.4 Å². The molecule has 4 aliphatic carbocycles. The molecule has 5 aliphatic rings. The summed E-state index contributed by atoms with van der Waals surface area (Å²) in [6.45, 7) is 6.89. The minimum atomic E-state index is -0.0885. The third-order valence-corrected chi connectivity index (χ3v) is 13.9. The molecule has 1 heterocycles. The molecule has 2 nitrogen and oxygen atoms in total. The fourth-order valence-corrected chi connectivity index (χ4v) is 12.5. The highest BCUT2D eigenvalue weighted by molar-refractivity contribution is 8.18. The van der Waals surface area contributed by atoms with Gasteiger partial charge in [-0.2, -0.15) is 0 Å². The van der Waals surface area contributed by atoms with Crippen LogP contribution >= 0.6 is 23.5 Å². The summed E-state index contributed by atoms with van der Waals surface area (Å²) in [5.41, 5.74) is 1.05. The van der Waals surface area contributed by atoms with E-state index in [0.29, 0.717) is 14.9 Å². The van der Waals surface area contributed by atoms with Gasteiger partial charge in [0.15, 0.2) is 0 Å². The molecule has 0 radical (unpaired) electrons. The lowest BCUT2D eigenvalue weighted by molar-refractivity contribution is -0.159. The number of fused-ring (bicyclic) bond motifs is 6.